The third kappa shape index (κ3) is 6.00. The lowest BCUT2D eigenvalue weighted by Gasteiger charge is -2.45. The molecule has 3 saturated heterocycles. The van der Waals surface area contributed by atoms with E-state index < -0.39 is 10.0 Å². The van der Waals surface area contributed by atoms with Crippen molar-refractivity contribution in [2.45, 2.75) is 75.4 Å². The Hall–Kier alpha value is -3.69. The molecule has 1 aromatic heterocycles. The molecule has 3 aliphatic heterocycles. The lowest BCUT2D eigenvalue weighted by Crippen LogP contribution is -2.49. The number of carbonyl (C=O) groups is 1. The molecular weight excluding hydrogens is 582 g/mol. The van der Waals surface area contributed by atoms with Gasteiger partial charge in [0.1, 0.15) is 5.82 Å². The van der Waals surface area contributed by atoms with Crippen LogP contribution in [0.5, 0.6) is 0 Å². The molecule has 4 aromatic rings. The maximum absolute atomic E-state index is 13.4. The zero-order valence-electron chi connectivity index (χ0n) is 26.2. The highest BCUT2D eigenvalue weighted by Gasteiger charge is 2.44. The molecule has 3 atom stereocenters. The predicted molar refractivity (Wildman–Crippen MR) is 179 cm³/mol. The molecule has 236 valence electrons. The van der Waals surface area contributed by atoms with Crippen LogP contribution in [-0.4, -0.2) is 71.6 Å². The molecule has 1 N–H and O–H groups in total. The Morgan fingerprint density at radius 1 is 0.889 bits per heavy atom. The fourth-order valence-electron chi connectivity index (χ4n) is 8.48. The summed E-state index contributed by atoms with van der Waals surface area (Å²) in [6.07, 6.45) is 8.97. The maximum Gasteiger partial charge on any atom is 0.253 e. The van der Waals surface area contributed by atoms with Crippen molar-refractivity contribution < 1.29 is 13.2 Å². The van der Waals surface area contributed by atoms with Crippen LogP contribution in [0.3, 0.4) is 0 Å². The minimum atomic E-state index is -3.36. The van der Waals surface area contributed by atoms with Crippen LogP contribution >= 0.6 is 0 Å². The number of likely N-dealkylation sites (tertiary alicyclic amines) is 1. The molecule has 7 rings (SSSR count). The number of sulfonamides is 1. The van der Waals surface area contributed by atoms with Crippen LogP contribution in [-0.2, 0) is 15.4 Å². The number of nitrogens with zero attached hydrogens (tertiary/aromatic N) is 4. The normalized spacial score (nSPS) is 23.3. The van der Waals surface area contributed by atoms with Gasteiger partial charge in [-0.2, -0.15) is 0 Å². The van der Waals surface area contributed by atoms with E-state index in [2.05, 4.69) is 75.7 Å². The SMILES string of the molecule is Cc1nc2ccccc2n1C1C[C@H]2CC[C@@H](C1)N2CCC1(c2ccccc2)CCN(C(=O)c2ccc(NS(C)(=O)=O)cc2)CC1. The summed E-state index contributed by atoms with van der Waals surface area (Å²) < 4.78 is 28.1. The number of hydrogen-bond donors (Lipinski definition) is 1. The van der Waals surface area contributed by atoms with Crippen molar-refractivity contribution in [2.75, 3.05) is 30.6 Å². The summed E-state index contributed by atoms with van der Waals surface area (Å²) in [7, 11) is -3.36. The van der Waals surface area contributed by atoms with Gasteiger partial charge in [-0.05, 0) is 106 Å². The van der Waals surface area contributed by atoms with Gasteiger partial charge in [0.2, 0.25) is 10.0 Å². The van der Waals surface area contributed by atoms with E-state index >= 15 is 0 Å². The maximum atomic E-state index is 13.4. The number of carbonyl (C=O) groups excluding carboxylic acids is 1. The quantitative estimate of drug-likeness (QED) is 0.254. The molecule has 3 fully saturated rings. The van der Waals surface area contributed by atoms with Crippen LogP contribution in [0.15, 0.2) is 78.9 Å². The van der Waals surface area contributed by atoms with E-state index in [-0.39, 0.29) is 11.3 Å². The molecule has 0 aliphatic carbocycles. The van der Waals surface area contributed by atoms with Gasteiger partial charge in [0.05, 0.1) is 17.3 Å². The van der Waals surface area contributed by atoms with E-state index in [1.807, 2.05) is 4.90 Å². The Bertz CT molecular complexity index is 1760. The van der Waals surface area contributed by atoms with Crippen LogP contribution in [0.1, 0.15) is 72.7 Å². The standard InChI is InChI=1S/C36H43N5O3S/c1-26-37-33-10-6-7-11-34(33)41(26)32-24-30-16-17-31(25-32)40(30)23-20-36(28-8-4-3-5-9-28)18-21-39(22-19-36)35(42)27-12-14-29(15-13-27)38-45(2,43)44/h3-15,30-32,38H,16-25H2,1-2H3/t30-,31+,32?. The van der Waals surface area contributed by atoms with Crippen molar-refractivity contribution in [3.8, 4) is 0 Å². The summed E-state index contributed by atoms with van der Waals surface area (Å²) in [6.45, 7) is 4.65. The summed E-state index contributed by atoms with van der Waals surface area (Å²) in [5.41, 5.74) is 4.83. The number of fused-ring (bicyclic) bond motifs is 3. The zero-order valence-corrected chi connectivity index (χ0v) is 27.0. The van der Waals surface area contributed by atoms with Crippen molar-refractivity contribution in [1.29, 1.82) is 0 Å². The van der Waals surface area contributed by atoms with Crippen LogP contribution in [0, 0.1) is 6.92 Å². The van der Waals surface area contributed by atoms with E-state index in [1.165, 1.54) is 36.8 Å². The molecule has 4 heterocycles. The smallest absolute Gasteiger partial charge is 0.253 e. The van der Waals surface area contributed by atoms with Crippen molar-refractivity contribution in [1.82, 2.24) is 19.4 Å². The van der Waals surface area contributed by atoms with Gasteiger partial charge in [0.15, 0.2) is 0 Å². The Kier molecular flexibility index (Phi) is 7.94. The first-order chi connectivity index (χ1) is 21.7. The molecule has 3 aromatic carbocycles. The molecule has 0 saturated carbocycles. The van der Waals surface area contributed by atoms with Crippen LogP contribution < -0.4 is 4.72 Å². The highest BCUT2D eigenvalue weighted by atomic mass is 32.2. The average molecular weight is 626 g/mol. The van der Waals surface area contributed by atoms with Gasteiger partial charge in [0, 0.05) is 42.5 Å². The molecule has 8 nitrogen and oxygen atoms in total. The zero-order chi connectivity index (χ0) is 31.2. The number of para-hydroxylation sites is 2. The Morgan fingerprint density at radius 2 is 1.53 bits per heavy atom. The van der Waals surface area contributed by atoms with E-state index in [1.54, 1.807) is 24.3 Å². The molecule has 1 unspecified atom stereocenters. The molecule has 45 heavy (non-hydrogen) atoms. The summed E-state index contributed by atoms with van der Waals surface area (Å²) >= 11 is 0. The second kappa shape index (κ2) is 11.9. The average Bonchev–Trinajstić information content (AvgIpc) is 3.50. The molecule has 3 aliphatic rings. The number of hydrogen-bond acceptors (Lipinski definition) is 5. The van der Waals surface area contributed by atoms with Crippen LogP contribution in [0.2, 0.25) is 0 Å². The summed E-state index contributed by atoms with van der Waals surface area (Å²) in [6, 6.07) is 27.9. The fourth-order valence-corrected chi connectivity index (χ4v) is 9.04. The summed E-state index contributed by atoms with van der Waals surface area (Å²) in [4.78, 5) is 23.1. The van der Waals surface area contributed by atoms with Gasteiger partial charge < -0.3 is 9.47 Å². The molecule has 9 heteroatoms. The van der Waals surface area contributed by atoms with E-state index in [9.17, 15) is 13.2 Å². The summed E-state index contributed by atoms with van der Waals surface area (Å²) in [5, 5.41) is 0. The second-order valence-electron chi connectivity index (χ2n) is 13.4. The van der Waals surface area contributed by atoms with Gasteiger partial charge in [-0.15, -0.1) is 0 Å². The number of nitrogens with one attached hydrogen (secondary N) is 1. The minimum Gasteiger partial charge on any atom is -0.339 e. The molecule has 0 spiro atoms. The number of amides is 1. The number of piperidine rings is 2. The molecule has 1 amide bonds. The molecule has 2 bridgehead atoms. The second-order valence-corrected chi connectivity index (χ2v) is 15.2. The van der Waals surface area contributed by atoms with Gasteiger partial charge >= 0.3 is 0 Å². The van der Waals surface area contributed by atoms with Crippen LogP contribution in [0.4, 0.5) is 5.69 Å². The first kappa shape index (κ1) is 30.0. The van der Waals surface area contributed by atoms with E-state index in [0.717, 1.165) is 43.4 Å². The highest BCUT2D eigenvalue weighted by Crippen LogP contribution is 2.45. The highest BCUT2D eigenvalue weighted by molar-refractivity contribution is 7.92. The number of aryl methyl sites for hydroxylation is 1. The Labute approximate surface area is 266 Å². The Morgan fingerprint density at radius 3 is 2.20 bits per heavy atom. The van der Waals surface area contributed by atoms with Gasteiger partial charge in [0.25, 0.3) is 5.91 Å². The number of rotatable bonds is 8. The third-order valence-electron chi connectivity index (χ3n) is 10.7. The van der Waals surface area contributed by atoms with Crippen molar-refractivity contribution in [3.05, 3.63) is 95.8 Å². The van der Waals surface area contributed by atoms with Crippen LogP contribution in [0.25, 0.3) is 11.0 Å². The van der Waals surface area contributed by atoms with Gasteiger partial charge in [-0.3, -0.25) is 14.4 Å². The largest absolute Gasteiger partial charge is 0.339 e. The van der Waals surface area contributed by atoms with Gasteiger partial charge in [-0.25, -0.2) is 13.4 Å². The number of aromatic nitrogens is 2. The topological polar surface area (TPSA) is 87.5 Å². The van der Waals surface area contributed by atoms with Gasteiger partial charge in [-0.1, -0.05) is 42.5 Å². The first-order valence-corrected chi connectivity index (χ1v) is 18.2. The lowest BCUT2D eigenvalue weighted by atomic mass is 9.70. The van der Waals surface area contributed by atoms with Crippen molar-refractivity contribution >= 4 is 32.7 Å². The van der Waals surface area contributed by atoms with E-state index in [0.29, 0.717) is 42.5 Å². The first-order valence-electron chi connectivity index (χ1n) is 16.3. The van der Waals surface area contributed by atoms with Crippen molar-refractivity contribution in [2.24, 2.45) is 0 Å². The minimum absolute atomic E-state index is 0.00463. The van der Waals surface area contributed by atoms with E-state index in [4.69, 9.17) is 4.98 Å². The number of anilines is 1. The monoisotopic (exact) mass is 625 g/mol. The lowest BCUT2D eigenvalue weighted by molar-refractivity contribution is 0.0607. The molecular formula is C36H43N5O3S. The van der Waals surface area contributed by atoms with Crippen molar-refractivity contribution in [3.63, 3.8) is 0 Å². The predicted octanol–water partition coefficient (Wildman–Crippen LogP) is 6.15. The molecule has 0 radical (unpaired) electrons. The number of benzene rings is 3. The summed E-state index contributed by atoms with van der Waals surface area (Å²) in [5.74, 6) is 1.13. The fraction of sp³-hybridized carbons (Fsp3) is 0.444. The Balaban J connectivity index is 1.03. The third-order valence-corrected chi connectivity index (χ3v) is 11.3. The number of imidazole rings is 1.